The first kappa shape index (κ1) is 28.4. The standard InChI is InChI=1S/C31H32F3N5O2/c1-3-41-29-24(5-4-12-37-29)21-6-8-25-27(17-21)39(28(40)15-20(2)36)19-30(25)10-13-38(14-11-30)26-9-7-23(31(32,33)34)16-22(26)18-35/h4-9,12,16-17,20H,3,10-11,13-15,19,36H2,1-2H3/t20-/m1/s1. The molecule has 0 unspecified atom stereocenters. The van der Waals surface area contributed by atoms with Gasteiger partial charge < -0.3 is 20.3 Å². The number of amides is 1. The number of nitrogens with two attached hydrogens (primary N) is 1. The van der Waals surface area contributed by atoms with Crippen LogP contribution in [0.3, 0.4) is 0 Å². The molecule has 0 radical (unpaired) electrons. The number of hydrogen-bond acceptors (Lipinski definition) is 6. The Bertz CT molecular complexity index is 1490. The van der Waals surface area contributed by atoms with E-state index < -0.39 is 11.7 Å². The van der Waals surface area contributed by atoms with Crippen molar-refractivity contribution < 1.29 is 22.7 Å². The third kappa shape index (κ3) is 5.46. The summed E-state index contributed by atoms with van der Waals surface area (Å²) >= 11 is 0. The Kier molecular flexibility index (Phi) is 7.66. The molecule has 10 heteroatoms. The minimum absolute atomic E-state index is 0.00236. The van der Waals surface area contributed by atoms with Crippen LogP contribution in [0.2, 0.25) is 0 Å². The summed E-state index contributed by atoms with van der Waals surface area (Å²) < 4.78 is 45.4. The van der Waals surface area contributed by atoms with Crippen molar-refractivity contribution in [2.75, 3.05) is 36.0 Å². The number of nitriles is 1. The lowest BCUT2D eigenvalue weighted by atomic mass is 9.74. The van der Waals surface area contributed by atoms with E-state index in [0.717, 1.165) is 34.5 Å². The maximum atomic E-state index is 13.4. The molecule has 3 heterocycles. The number of pyridine rings is 1. The summed E-state index contributed by atoms with van der Waals surface area (Å²) in [6.45, 7) is 5.74. The van der Waals surface area contributed by atoms with Crippen molar-refractivity contribution in [1.29, 1.82) is 5.26 Å². The number of nitrogens with zero attached hydrogens (tertiary/aromatic N) is 4. The van der Waals surface area contributed by atoms with E-state index in [-0.39, 0.29) is 29.3 Å². The molecule has 2 N–H and O–H groups in total. The Balaban J connectivity index is 1.47. The molecule has 3 aromatic rings. The van der Waals surface area contributed by atoms with E-state index in [4.69, 9.17) is 10.5 Å². The van der Waals surface area contributed by atoms with E-state index in [9.17, 15) is 23.2 Å². The fourth-order valence-electron chi connectivity index (χ4n) is 6.00. The van der Waals surface area contributed by atoms with Crippen molar-refractivity contribution in [3.8, 4) is 23.1 Å². The zero-order chi connectivity index (χ0) is 29.4. The maximum absolute atomic E-state index is 13.4. The summed E-state index contributed by atoms with van der Waals surface area (Å²) in [6.07, 6.45) is -1.29. The predicted octanol–water partition coefficient (Wildman–Crippen LogP) is 5.66. The van der Waals surface area contributed by atoms with Gasteiger partial charge in [-0.05, 0) is 74.2 Å². The molecule has 1 spiro atoms. The second-order valence-corrected chi connectivity index (χ2v) is 10.8. The van der Waals surface area contributed by atoms with Crippen molar-refractivity contribution in [3.63, 3.8) is 0 Å². The SMILES string of the molecule is CCOc1ncccc1-c1ccc2c(c1)N(C(=O)C[C@@H](C)N)CC21CCN(c2ccc(C(F)(F)F)cc2C#N)CC1. The summed E-state index contributed by atoms with van der Waals surface area (Å²) in [5, 5.41) is 9.60. The second kappa shape index (κ2) is 11.1. The van der Waals surface area contributed by atoms with Crippen LogP contribution in [0, 0.1) is 11.3 Å². The lowest BCUT2D eigenvalue weighted by Crippen LogP contribution is -2.46. The van der Waals surface area contributed by atoms with Crippen LogP contribution >= 0.6 is 0 Å². The molecule has 41 heavy (non-hydrogen) atoms. The first-order valence-electron chi connectivity index (χ1n) is 13.7. The fraction of sp³-hybridized carbons (Fsp3) is 0.387. The van der Waals surface area contributed by atoms with Gasteiger partial charge in [-0.2, -0.15) is 18.4 Å². The number of aromatic nitrogens is 1. The van der Waals surface area contributed by atoms with Gasteiger partial charge in [-0.3, -0.25) is 4.79 Å². The molecular weight excluding hydrogens is 531 g/mol. The number of carbonyl (C=O) groups is 1. The Morgan fingerprint density at radius 3 is 2.59 bits per heavy atom. The molecule has 2 aliphatic rings. The molecule has 0 aliphatic carbocycles. The van der Waals surface area contributed by atoms with Gasteiger partial charge in [0, 0.05) is 55.0 Å². The lowest BCUT2D eigenvalue weighted by Gasteiger charge is -2.41. The van der Waals surface area contributed by atoms with Crippen LogP contribution in [0.5, 0.6) is 5.88 Å². The second-order valence-electron chi connectivity index (χ2n) is 10.8. The fourth-order valence-corrected chi connectivity index (χ4v) is 6.00. The van der Waals surface area contributed by atoms with Gasteiger partial charge in [0.1, 0.15) is 6.07 Å². The molecule has 5 rings (SSSR count). The van der Waals surface area contributed by atoms with Gasteiger partial charge in [0.2, 0.25) is 11.8 Å². The molecule has 1 aromatic heterocycles. The van der Waals surface area contributed by atoms with Crippen LogP contribution < -0.4 is 20.3 Å². The smallest absolute Gasteiger partial charge is 0.416 e. The summed E-state index contributed by atoms with van der Waals surface area (Å²) in [5.41, 5.74) is 8.95. The Hall–Kier alpha value is -4.10. The van der Waals surface area contributed by atoms with Crippen LogP contribution in [0.4, 0.5) is 24.5 Å². The van der Waals surface area contributed by atoms with Gasteiger partial charge in [-0.15, -0.1) is 0 Å². The highest BCUT2D eigenvalue weighted by molar-refractivity contribution is 5.97. The number of benzene rings is 2. The van der Waals surface area contributed by atoms with Gasteiger partial charge in [-0.1, -0.05) is 12.1 Å². The predicted molar refractivity (Wildman–Crippen MR) is 151 cm³/mol. The average molecular weight is 564 g/mol. The van der Waals surface area contributed by atoms with Gasteiger partial charge in [0.05, 0.1) is 23.4 Å². The molecule has 0 saturated carbocycles. The number of halogens is 3. The largest absolute Gasteiger partial charge is 0.478 e. The van der Waals surface area contributed by atoms with E-state index in [1.807, 2.05) is 47.1 Å². The van der Waals surface area contributed by atoms with E-state index in [1.165, 1.54) is 6.07 Å². The minimum atomic E-state index is -4.52. The lowest BCUT2D eigenvalue weighted by molar-refractivity contribution is -0.137. The molecule has 214 valence electrons. The topological polar surface area (TPSA) is 95.5 Å². The number of ether oxygens (including phenoxy) is 1. The molecule has 1 amide bonds. The van der Waals surface area contributed by atoms with Crippen LogP contribution in [0.25, 0.3) is 11.1 Å². The average Bonchev–Trinajstić information content (AvgIpc) is 3.26. The third-order valence-electron chi connectivity index (χ3n) is 7.99. The molecular formula is C31H32F3N5O2. The monoisotopic (exact) mass is 563 g/mol. The number of carbonyl (C=O) groups excluding carboxylic acids is 1. The van der Waals surface area contributed by atoms with E-state index >= 15 is 0 Å². The van der Waals surface area contributed by atoms with Gasteiger partial charge in [-0.25, -0.2) is 4.98 Å². The van der Waals surface area contributed by atoms with Crippen molar-refractivity contribution in [3.05, 3.63) is 71.4 Å². The summed E-state index contributed by atoms with van der Waals surface area (Å²) in [4.78, 5) is 21.6. The summed E-state index contributed by atoms with van der Waals surface area (Å²) in [6, 6.07) is 14.9. The summed E-state index contributed by atoms with van der Waals surface area (Å²) in [5.74, 6) is 0.470. The number of anilines is 2. The van der Waals surface area contributed by atoms with Gasteiger partial charge in [0.15, 0.2) is 0 Å². The number of fused-ring (bicyclic) bond motifs is 2. The molecule has 0 bridgehead atoms. The molecule has 2 aromatic carbocycles. The highest BCUT2D eigenvalue weighted by Gasteiger charge is 2.46. The van der Waals surface area contributed by atoms with Crippen molar-refractivity contribution in [2.45, 2.75) is 50.7 Å². The zero-order valence-electron chi connectivity index (χ0n) is 23.0. The normalized spacial score (nSPS) is 16.8. The molecule has 7 nitrogen and oxygen atoms in total. The quantitative estimate of drug-likeness (QED) is 0.416. The zero-order valence-corrected chi connectivity index (χ0v) is 23.0. The molecule has 1 saturated heterocycles. The van der Waals surface area contributed by atoms with E-state index in [0.29, 0.717) is 50.7 Å². The first-order valence-corrected chi connectivity index (χ1v) is 13.7. The Morgan fingerprint density at radius 1 is 1.17 bits per heavy atom. The van der Waals surface area contributed by atoms with Crippen LogP contribution in [0.15, 0.2) is 54.7 Å². The van der Waals surface area contributed by atoms with Crippen molar-refractivity contribution in [1.82, 2.24) is 4.98 Å². The number of alkyl halides is 3. The Morgan fingerprint density at radius 2 is 1.93 bits per heavy atom. The van der Waals surface area contributed by atoms with Gasteiger partial charge >= 0.3 is 6.18 Å². The van der Waals surface area contributed by atoms with Crippen molar-refractivity contribution in [2.24, 2.45) is 5.73 Å². The van der Waals surface area contributed by atoms with E-state index in [1.54, 1.807) is 13.1 Å². The van der Waals surface area contributed by atoms with Crippen LogP contribution in [-0.4, -0.2) is 43.2 Å². The molecule has 1 fully saturated rings. The third-order valence-corrected chi connectivity index (χ3v) is 7.99. The van der Waals surface area contributed by atoms with Crippen LogP contribution in [0.1, 0.15) is 49.8 Å². The first-order chi connectivity index (χ1) is 19.6. The maximum Gasteiger partial charge on any atom is 0.416 e. The highest BCUT2D eigenvalue weighted by atomic mass is 19.4. The number of piperidine rings is 1. The van der Waals surface area contributed by atoms with Crippen LogP contribution in [-0.2, 0) is 16.4 Å². The minimum Gasteiger partial charge on any atom is -0.478 e. The molecule has 2 aliphatic heterocycles. The highest BCUT2D eigenvalue weighted by Crippen LogP contribution is 2.49. The Labute approximate surface area is 237 Å². The van der Waals surface area contributed by atoms with E-state index in [2.05, 4.69) is 11.1 Å². The molecule has 1 atom stereocenters. The summed E-state index contributed by atoms with van der Waals surface area (Å²) in [7, 11) is 0. The van der Waals surface area contributed by atoms with Gasteiger partial charge in [0.25, 0.3) is 0 Å². The number of hydrogen-bond donors (Lipinski definition) is 1. The van der Waals surface area contributed by atoms with Crippen molar-refractivity contribution >= 4 is 17.3 Å². The number of rotatable bonds is 6.